The van der Waals surface area contributed by atoms with E-state index in [1.54, 1.807) is 18.2 Å². The van der Waals surface area contributed by atoms with Gasteiger partial charge in [-0.2, -0.15) is 0 Å². The molecule has 3 N–H and O–H groups in total. The summed E-state index contributed by atoms with van der Waals surface area (Å²) in [6, 6.07) is 4.48. The zero-order valence-electron chi connectivity index (χ0n) is 11.6. The largest absolute Gasteiger partial charge is 0.392 e. The molecule has 3 nitrogen and oxygen atoms in total. The molecule has 114 valence electrons. The molecule has 0 radical (unpaired) electrons. The summed E-state index contributed by atoms with van der Waals surface area (Å²) < 4.78 is 0. The van der Waals surface area contributed by atoms with Gasteiger partial charge in [-0.05, 0) is 37.0 Å². The number of nitrogens with two attached hydrogens (primary N) is 1. The van der Waals surface area contributed by atoms with Gasteiger partial charge in [0.15, 0.2) is 0 Å². The fourth-order valence-corrected chi connectivity index (χ4v) is 3.58. The third-order valence-corrected chi connectivity index (χ3v) is 4.53. The van der Waals surface area contributed by atoms with Crippen molar-refractivity contribution in [3.63, 3.8) is 0 Å². The molecular weight excluding hydrogens is 327 g/mol. The number of carbonyl (C=O) groups excluding carboxylic acids is 1. The van der Waals surface area contributed by atoms with E-state index in [1.807, 2.05) is 0 Å². The first-order valence-corrected chi connectivity index (χ1v) is 8.20. The molecule has 0 spiro atoms. The lowest BCUT2D eigenvalue weighted by molar-refractivity contribution is 0.0932. The molecule has 1 unspecified atom stereocenters. The number of benzene rings is 1. The highest BCUT2D eigenvalue weighted by Crippen LogP contribution is 2.27. The fraction of sp³-hybridized carbons (Fsp3) is 0.467. The van der Waals surface area contributed by atoms with Crippen LogP contribution in [-0.2, 0) is 0 Å². The Hall–Kier alpha value is -0.840. The van der Waals surface area contributed by atoms with Crippen molar-refractivity contribution in [2.45, 2.75) is 38.1 Å². The third-order valence-electron chi connectivity index (χ3n) is 3.84. The van der Waals surface area contributed by atoms with Crippen LogP contribution in [0.1, 0.15) is 42.5 Å². The van der Waals surface area contributed by atoms with Gasteiger partial charge in [-0.15, -0.1) is 0 Å². The van der Waals surface area contributed by atoms with E-state index >= 15 is 0 Å². The van der Waals surface area contributed by atoms with Crippen LogP contribution >= 0.6 is 35.4 Å². The second-order valence-electron chi connectivity index (χ2n) is 5.41. The van der Waals surface area contributed by atoms with Crippen LogP contribution in [0.3, 0.4) is 0 Å². The van der Waals surface area contributed by atoms with Gasteiger partial charge in [0.05, 0.1) is 11.0 Å². The summed E-state index contributed by atoms with van der Waals surface area (Å²) in [6.45, 7) is 0. The minimum Gasteiger partial charge on any atom is -0.392 e. The van der Waals surface area contributed by atoms with Crippen LogP contribution in [0.25, 0.3) is 0 Å². The van der Waals surface area contributed by atoms with Gasteiger partial charge in [-0.25, -0.2) is 0 Å². The Balaban J connectivity index is 2.12. The highest BCUT2D eigenvalue weighted by molar-refractivity contribution is 7.80. The quantitative estimate of drug-likeness (QED) is 0.812. The van der Waals surface area contributed by atoms with Gasteiger partial charge in [0.25, 0.3) is 5.91 Å². The number of nitrogens with one attached hydrogen (secondary N) is 1. The molecule has 0 aromatic heterocycles. The zero-order valence-corrected chi connectivity index (χ0v) is 13.9. The van der Waals surface area contributed by atoms with Crippen molar-refractivity contribution in [1.29, 1.82) is 0 Å². The first-order valence-electron chi connectivity index (χ1n) is 7.03. The maximum Gasteiger partial charge on any atom is 0.251 e. The van der Waals surface area contributed by atoms with E-state index in [0.717, 1.165) is 25.7 Å². The normalized spacial score (nSPS) is 17.2. The van der Waals surface area contributed by atoms with Crippen LogP contribution < -0.4 is 11.1 Å². The summed E-state index contributed by atoms with van der Waals surface area (Å²) in [5, 5.41) is 3.79. The topological polar surface area (TPSA) is 55.1 Å². The first-order chi connectivity index (χ1) is 9.97. The number of rotatable bonds is 4. The van der Waals surface area contributed by atoms with Crippen molar-refractivity contribution in [2.75, 3.05) is 0 Å². The summed E-state index contributed by atoms with van der Waals surface area (Å²) in [6.07, 6.45) is 5.63. The number of thiocarbonyl (C=S) groups is 1. The molecule has 1 aliphatic rings. The molecule has 1 aromatic rings. The van der Waals surface area contributed by atoms with Crippen molar-refractivity contribution in [3.8, 4) is 0 Å². The van der Waals surface area contributed by atoms with E-state index in [4.69, 9.17) is 41.2 Å². The number of hydrogen-bond acceptors (Lipinski definition) is 2. The molecule has 0 heterocycles. The molecule has 1 fully saturated rings. The van der Waals surface area contributed by atoms with E-state index in [-0.39, 0.29) is 11.9 Å². The lowest BCUT2D eigenvalue weighted by atomic mass is 9.83. The molecule has 1 aliphatic carbocycles. The average molecular weight is 345 g/mol. The molecule has 1 aromatic carbocycles. The van der Waals surface area contributed by atoms with Gasteiger partial charge < -0.3 is 11.1 Å². The third kappa shape index (κ3) is 4.56. The van der Waals surface area contributed by atoms with E-state index in [0.29, 0.717) is 26.5 Å². The summed E-state index contributed by atoms with van der Waals surface area (Å²) in [5.74, 6) is 0.0672. The predicted octanol–water partition coefficient (Wildman–Crippen LogP) is 3.96. The van der Waals surface area contributed by atoms with Crippen molar-refractivity contribution in [2.24, 2.45) is 11.7 Å². The maximum absolute atomic E-state index is 12.4. The van der Waals surface area contributed by atoms with E-state index in [2.05, 4.69) is 5.32 Å². The lowest BCUT2D eigenvalue weighted by Gasteiger charge is -2.30. The molecule has 0 saturated heterocycles. The number of halogens is 2. The summed E-state index contributed by atoms with van der Waals surface area (Å²) in [4.78, 5) is 12.7. The Morgan fingerprint density at radius 2 is 1.76 bits per heavy atom. The molecule has 6 heteroatoms. The number of carbonyl (C=O) groups is 1. The molecule has 1 saturated carbocycles. The first kappa shape index (κ1) is 16.5. The van der Waals surface area contributed by atoms with Gasteiger partial charge in [-0.3, -0.25) is 4.79 Å². The van der Waals surface area contributed by atoms with Crippen LogP contribution in [0.4, 0.5) is 0 Å². The summed E-state index contributed by atoms with van der Waals surface area (Å²) in [5.41, 5.74) is 6.24. The molecule has 1 amide bonds. The lowest BCUT2D eigenvalue weighted by Crippen LogP contribution is -2.48. The van der Waals surface area contributed by atoms with Gasteiger partial charge in [-0.1, -0.05) is 54.7 Å². The second-order valence-corrected chi connectivity index (χ2v) is 6.75. The summed E-state index contributed by atoms with van der Waals surface area (Å²) >= 11 is 17.0. The van der Waals surface area contributed by atoms with Crippen LogP contribution in [0.5, 0.6) is 0 Å². The highest BCUT2D eigenvalue weighted by atomic mass is 35.5. The van der Waals surface area contributed by atoms with Crippen molar-refractivity contribution in [3.05, 3.63) is 33.8 Å². The van der Waals surface area contributed by atoms with Crippen molar-refractivity contribution < 1.29 is 4.79 Å². The van der Waals surface area contributed by atoms with Crippen LogP contribution in [0.2, 0.25) is 10.0 Å². The highest BCUT2D eigenvalue weighted by Gasteiger charge is 2.27. The maximum atomic E-state index is 12.4. The Morgan fingerprint density at radius 1 is 1.19 bits per heavy atom. The Kier molecular flexibility index (Phi) is 5.85. The van der Waals surface area contributed by atoms with Crippen LogP contribution in [0.15, 0.2) is 18.2 Å². The molecule has 0 aliphatic heterocycles. The van der Waals surface area contributed by atoms with Gasteiger partial charge in [0, 0.05) is 15.6 Å². The minimum atomic E-state index is -0.273. The van der Waals surface area contributed by atoms with Crippen molar-refractivity contribution >= 4 is 46.3 Å². The predicted molar refractivity (Wildman–Crippen MR) is 91.1 cm³/mol. The van der Waals surface area contributed by atoms with E-state index in [9.17, 15) is 4.79 Å². The van der Waals surface area contributed by atoms with E-state index < -0.39 is 0 Å². The Bertz CT molecular complexity index is 524. The fourth-order valence-electron chi connectivity index (χ4n) is 2.80. The molecule has 2 rings (SSSR count). The molecule has 0 bridgehead atoms. The van der Waals surface area contributed by atoms with Crippen molar-refractivity contribution in [1.82, 2.24) is 5.32 Å². The molecular formula is C15H18Cl2N2OS. The monoisotopic (exact) mass is 344 g/mol. The number of hydrogen-bond donors (Lipinski definition) is 2. The molecule has 21 heavy (non-hydrogen) atoms. The van der Waals surface area contributed by atoms with Gasteiger partial charge in [0.2, 0.25) is 0 Å². The number of amides is 1. The van der Waals surface area contributed by atoms with E-state index in [1.165, 1.54) is 6.42 Å². The smallest absolute Gasteiger partial charge is 0.251 e. The SMILES string of the molecule is NC(=S)C(NC(=O)c1cc(Cl)cc(Cl)c1)C1CCCCC1. The van der Waals surface area contributed by atoms with Crippen LogP contribution in [0, 0.1) is 5.92 Å². The second kappa shape index (κ2) is 7.43. The molecule has 1 atom stereocenters. The average Bonchev–Trinajstić information content (AvgIpc) is 2.44. The van der Waals surface area contributed by atoms with Gasteiger partial charge >= 0.3 is 0 Å². The Morgan fingerprint density at radius 3 is 2.29 bits per heavy atom. The van der Waals surface area contributed by atoms with Crippen LogP contribution in [-0.4, -0.2) is 16.9 Å². The minimum absolute atomic E-state index is 0.247. The zero-order chi connectivity index (χ0) is 15.4. The summed E-state index contributed by atoms with van der Waals surface area (Å²) in [7, 11) is 0. The Labute approximate surface area is 140 Å². The standard InChI is InChI=1S/C15H18Cl2N2OS/c16-11-6-10(7-12(17)8-11)15(20)19-13(14(18)21)9-4-2-1-3-5-9/h6-9,13H,1-5H2,(H2,18,21)(H,19,20). The van der Waals surface area contributed by atoms with Gasteiger partial charge in [0.1, 0.15) is 0 Å².